The first kappa shape index (κ1) is 13.0. The van der Waals surface area contributed by atoms with E-state index >= 15 is 0 Å². The Morgan fingerprint density at radius 1 is 1.22 bits per heavy atom. The van der Waals surface area contributed by atoms with E-state index in [0.717, 1.165) is 5.56 Å². The van der Waals surface area contributed by atoms with Crippen LogP contribution in [0.5, 0.6) is 0 Å². The fourth-order valence-electron chi connectivity index (χ4n) is 1.84. The van der Waals surface area contributed by atoms with Crippen molar-refractivity contribution in [3.8, 4) is 0 Å². The number of hydrogen-bond donors (Lipinski definition) is 1. The third kappa shape index (κ3) is 2.70. The monoisotopic (exact) mass is 268 g/mol. The van der Waals surface area contributed by atoms with Gasteiger partial charge in [0.25, 0.3) is 0 Å². The number of benzene rings is 1. The van der Waals surface area contributed by atoms with Gasteiger partial charge in [-0.25, -0.2) is 8.42 Å². The summed E-state index contributed by atoms with van der Waals surface area (Å²) >= 11 is 0. The van der Waals surface area contributed by atoms with Crippen molar-refractivity contribution in [3.05, 3.63) is 29.8 Å². The van der Waals surface area contributed by atoms with Crippen molar-refractivity contribution in [2.24, 2.45) is 0 Å². The molecule has 0 unspecified atom stereocenters. The van der Waals surface area contributed by atoms with Crippen molar-refractivity contribution >= 4 is 15.9 Å². The maximum absolute atomic E-state index is 12.3. The molecule has 1 heterocycles. The summed E-state index contributed by atoms with van der Waals surface area (Å²) in [5.74, 6) is -0.247. The van der Waals surface area contributed by atoms with Gasteiger partial charge in [-0.05, 0) is 25.5 Å². The highest BCUT2D eigenvalue weighted by molar-refractivity contribution is 7.89. The molecule has 1 aromatic carbocycles. The molecule has 1 aromatic rings. The molecule has 1 aliphatic rings. The van der Waals surface area contributed by atoms with Crippen LogP contribution in [0.15, 0.2) is 29.2 Å². The third-order valence-corrected chi connectivity index (χ3v) is 4.74. The van der Waals surface area contributed by atoms with Crippen LogP contribution in [0.1, 0.15) is 12.0 Å². The summed E-state index contributed by atoms with van der Waals surface area (Å²) < 4.78 is 25.9. The van der Waals surface area contributed by atoms with Crippen molar-refractivity contribution in [1.82, 2.24) is 9.62 Å². The number of hydrogen-bond acceptors (Lipinski definition) is 3. The topological polar surface area (TPSA) is 66.5 Å². The van der Waals surface area contributed by atoms with Crippen LogP contribution >= 0.6 is 0 Å². The van der Waals surface area contributed by atoms with E-state index in [-0.39, 0.29) is 17.3 Å². The largest absolute Gasteiger partial charge is 0.355 e. The fraction of sp³-hybridized carbons (Fsp3) is 0.417. The summed E-state index contributed by atoms with van der Waals surface area (Å²) in [4.78, 5) is 11.6. The van der Waals surface area contributed by atoms with Gasteiger partial charge in [-0.2, -0.15) is 4.31 Å². The van der Waals surface area contributed by atoms with Gasteiger partial charge in [-0.3, -0.25) is 4.79 Å². The number of sulfonamides is 1. The summed E-state index contributed by atoms with van der Waals surface area (Å²) in [5, 5.41) is 2.66. The molecule has 0 saturated carbocycles. The molecular formula is C12H16N2O3S. The minimum Gasteiger partial charge on any atom is -0.355 e. The lowest BCUT2D eigenvalue weighted by molar-refractivity contribution is -0.120. The number of carbonyl (C=O) groups is 1. The van der Waals surface area contributed by atoms with E-state index in [1.54, 1.807) is 24.3 Å². The molecular weight excluding hydrogens is 252 g/mol. The molecule has 2 rings (SSSR count). The predicted octanol–water partition coefficient (Wildman–Crippen LogP) is 0.506. The first-order chi connectivity index (χ1) is 8.50. The van der Waals surface area contributed by atoms with Crippen LogP contribution in [-0.4, -0.2) is 38.3 Å². The lowest BCUT2D eigenvalue weighted by atomic mass is 10.2. The van der Waals surface area contributed by atoms with Crippen LogP contribution in [0.4, 0.5) is 0 Å². The number of aryl methyl sites for hydroxylation is 1. The molecule has 0 spiro atoms. The molecule has 18 heavy (non-hydrogen) atoms. The van der Waals surface area contributed by atoms with Crippen LogP contribution in [0, 0.1) is 6.92 Å². The second kappa shape index (κ2) is 5.07. The Bertz CT molecular complexity index is 537. The van der Waals surface area contributed by atoms with E-state index in [1.807, 2.05) is 6.92 Å². The highest BCUT2D eigenvalue weighted by atomic mass is 32.2. The second-order valence-corrected chi connectivity index (χ2v) is 6.29. The quantitative estimate of drug-likeness (QED) is 0.849. The van der Waals surface area contributed by atoms with Crippen LogP contribution in [0.3, 0.4) is 0 Å². The zero-order chi connectivity index (χ0) is 13.2. The molecule has 0 bridgehead atoms. The van der Waals surface area contributed by atoms with Gasteiger partial charge in [0.1, 0.15) is 0 Å². The molecule has 1 aliphatic heterocycles. The number of nitrogens with zero attached hydrogens (tertiary/aromatic N) is 1. The average molecular weight is 268 g/mol. The Hall–Kier alpha value is -1.40. The molecule has 0 radical (unpaired) electrons. The summed E-state index contributed by atoms with van der Waals surface area (Å²) in [6, 6.07) is 6.66. The summed E-state index contributed by atoms with van der Waals surface area (Å²) in [5.41, 5.74) is 1.00. The van der Waals surface area contributed by atoms with Gasteiger partial charge in [0.05, 0.1) is 11.4 Å². The first-order valence-electron chi connectivity index (χ1n) is 5.84. The zero-order valence-corrected chi connectivity index (χ0v) is 11.0. The second-order valence-electron chi connectivity index (χ2n) is 4.36. The van der Waals surface area contributed by atoms with Gasteiger partial charge < -0.3 is 5.32 Å². The van der Waals surface area contributed by atoms with Crippen molar-refractivity contribution in [1.29, 1.82) is 0 Å². The molecule has 1 N–H and O–H groups in total. The Morgan fingerprint density at radius 3 is 2.56 bits per heavy atom. The minimum absolute atomic E-state index is 0.101. The van der Waals surface area contributed by atoms with E-state index in [9.17, 15) is 13.2 Å². The van der Waals surface area contributed by atoms with Gasteiger partial charge in [-0.15, -0.1) is 0 Å². The molecule has 0 aliphatic carbocycles. The van der Waals surface area contributed by atoms with E-state index in [4.69, 9.17) is 0 Å². The molecule has 6 heteroatoms. The van der Waals surface area contributed by atoms with Gasteiger partial charge in [0.15, 0.2) is 0 Å². The zero-order valence-electron chi connectivity index (χ0n) is 10.2. The highest BCUT2D eigenvalue weighted by Crippen LogP contribution is 2.17. The lowest BCUT2D eigenvalue weighted by Gasteiger charge is -2.18. The maximum atomic E-state index is 12.3. The molecule has 5 nitrogen and oxygen atoms in total. The number of rotatable bonds is 2. The number of nitrogens with one attached hydrogen (secondary N) is 1. The first-order valence-corrected chi connectivity index (χ1v) is 7.28. The summed E-state index contributed by atoms with van der Waals surface area (Å²) in [6.45, 7) is 2.69. The van der Waals surface area contributed by atoms with E-state index in [2.05, 4.69) is 5.32 Å². The van der Waals surface area contributed by atoms with Crippen molar-refractivity contribution < 1.29 is 13.2 Å². The van der Waals surface area contributed by atoms with Crippen LogP contribution in [0.2, 0.25) is 0 Å². The Labute approximate surface area is 107 Å². The van der Waals surface area contributed by atoms with Crippen LogP contribution in [-0.2, 0) is 14.8 Å². The Morgan fingerprint density at radius 2 is 1.89 bits per heavy atom. The number of amides is 1. The van der Waals surface area contributed by atoms with Crippen molar-refractivity contribution in [3.63, 3.8) is 0 Å². The van der Waals surface area contributed by atoms with E-state index < -0.39 is 10.0 Å². The van der Waals surface area contributed by atoms with Crippen LogP contribution in [0.25, 0.3) is 0 Å². The fourth-order valence-corrected chi connectivity index (χ4v) is 3.28. The van der Waals surface area contributed by atoms with Gasteiger partial charge >= 0.3 is 0 Å². The highest BCUT2D eigenvalue weighted by Gasteiger charge is 2.27. The van der Waals surface area contributed by atoms with Gasteiger partial charge in [0, 0.05) is 13.1 Å². The predicted molar refractivity (Wildman–Crippen MR) is 67.6 cm³/mol. The lowest BCUT2D eigenvalue weighted by Crippen LogP contribution is -2.37. The SMILES string of the molecule is Cc1ccc(S(=O)(=O)N2CCCNC(=O)C2)cc1. The summed E-state index contributed by atoms with van der Waals surface area (Å²) in [7, 11) is -3.56. The molecule has 98 valence electrons. The maximum Gasteiger partial charge on any atom is 0.243 e. The minimum atomic E-state index is -3.56. The number of carbonyl (C=O) groups excluding carboxylic acids is 1. The normalized spacial score (nSPS) is 18.2. The Kier molecular flexibility index (Phi) is 3.68. The van der Waals surface area contributed by atoms with Gasteiger partial charge in [-0.1, -0.05) is 17.7 Å². The molecule has 1 amide bonds. The molecule has 1 fully saturated rings. The molecule has 0 atom stereocenters. The molecule has 1 saturated heterocycles. The smallest absolute Gasteiger partial charge is 0.243 e. The van der Waals surface area contributed by atoms with E-state index in [0.29, 0.717) is 19.5 Å². The standard InChI is InChI=1S/C12H16N2O3S/c1-10-3-5-11(6-4-10)18(16,17)14-8-2-7-13-12(15)9-14/h3-6H,2,7-9H2,1H3,(H,13,15). The van der Waals surface area contributed by atoms with Crippen molar-refractivity contribution in [2.45, 2.75) is 18.2 Å². The van der Waals surface area contributed by atoms with Gasteiger partial charge in [0.2, 0.25) is 15.9 Å². The summed E-state index contributed by atoms with van der Waals surface area (Å²) in [6.07, 6.45) is 0.636. The third-order valence-electron chi connectivity index (χ3n) is 2.89. The Balaban J connectivity index is 2.29. The van der Waals surface area contributed by atoms with E-state index in [1.165, 1.54) is 4.31 Å². The molecule has 0 aromatic heterocycles. The van der Waals surface area contributed by atoms with Crippen molar-refractivity contribution in [2.75, 3.05) is 19.6 Å². The van der Waals surface area contributed by atoms with Crippen LogP contribution < -0.4 is 5.32 Å². The average Bonchev–Trinajstić information content (AvgIpc) is 2.55.